The van der Waals surface area contributed by atoms with Crippen LogP contribution in [-0.2, 0) is 11.3 Å². The molecule has 0 radical (unpaired) electrons. The van der Waals surface area contributed by atoms with Crippen molar-refractivity contribution in [3.05, 3.63) is 54.6 Å². The average Bonchev–Trinajstić information content (AvgIpc) is 2.28. The number of carbonyl (C=O) groups is 1. The molecule has 2 aromatic rings. The number of nitrogens with zero attached hydrogens (tertiary/aromatic N) is 1. The van der Waals surface area contributed by atoms with Gasteiger partial charge >= 0.3 is 0 Å². The van der Waals surface area contributed by atoms with Gasteiger partial charge in [0.2, 0.25) is 12.7 Å². The van der Waals surface area contributed by atoms with Gasteiger partial charge in [0, 0.05) is 11.8 Å². The maximum atomic E-state index is 12.9. The zero-order chi connectivity index (χ0) is 13.0. The molecule has 2 rings (SSSR count). The molecular weight excluding hydrogens is 235 g/mol. The van der Waals surface area contributed by atoms with E-state index in [9.17, 15) is 14.3 Å². The lowest BCUT2D eigenvalue weighted by Crippen LogP contribution is -2.39. The molecule has 0 spiro atoms. The smallest absolute Gasteiger partial charge is 0.290 e. The highest BCUT2D eigenvalue weighted by atomic mass is 19.1. The summed E-state index contributed by atoms with van der Waals surface area (Å²) in [6.45, 7) is 0.0465. The molecule has 1 aromatic carbocycles. The van der Waals surface area contributed by atoms with Gasteiger partial charge in [0.05, 0.1) is 0 Å². The molecular formula is C13H12FN2O2+. The number of aromatic hydroxyl groups is 1. The first-order valence-corrected chi connectivity index (χ1v) is 5.37. The Morgan fingerprint density at radius 1 is 1.33 bits per heavy atom. The quantitative estimate of drug-likeness (QED) is 0.807. The van der Waals surface area contributed by atoms with Crippen LogP contribution in [0.15, 0.2) is 48.8 Å². The molecule has 0 saturated heterocycles. The molecule has 92 valence electrons. The van der Waals surface area contributed by atoms with Gasteiger partial charge in [-0.3, -0.25) is 4.79 Å². The van der Waals surface area contributed by atoms with Gasteiger partial charge in [-0.2, -0.15) is 4.57 Å². The summed E-state index contributed by atoms with van der Waals surface area (Å²) in [5.41, 5.74) is 0.403. The van der Waals surface area contributed by atoms with Crippen molar-refractivity contribution in [2.24, 2.45) is 0 Å². The number of benzene rings is 1. The Hall–Kier alpha value is -2.43. The summed E-state index contributed by atoms with van der Waals surface area (Å²) < 4.78 is 14.4. The minimum absolute atomic E-state index is 0.0465. The Labute approximate surface area is 103 Å². The number of halogens is 1. The zero-order valence-corrected chi connectivity index (χ0v) is 9.51. The third-order valence-corrected chi connectivity index (χ3v) is 2.28. The molecule has 5 heteroatoms. The van der Waals surface area contributed by atoms with Crippen molar-refractivity contribution in [2.45, 2.75) is 6.54 Å². The van der Waals surface area contributed by atoms with Crippen LogP contribution >= 0.6 is 0 Å². The summed E-state index contributed by atoms with van der Waals surface area (Å²) >= 11 is 0. The fraction of sp³-hybridized carbons (Fsp3) is 0.0769. The highest BCUT2D eigenvalue weighted by Gasteiger charge is 2.10. The minimum atomic E-state index is -0.405. The van der Waals surface area contributed by atoms with E-state index in [0.717, 1.165) is 0 Å². The molecule has 4 nitrogen and oxygen atoms in total. The second kappa shape index (κ2) is 5.27. The van der Waals surface area contributed by atoms with Gasteiger partial charge in [-0.05, 0) is 24.3 Å². The maximum absolute atomic E-state index is 12.9. The van der Waals surface area contributed by atoms with Crippen LogP contribution in [0.5, 0.6) is 5.75 Å². The molecule has 1 heterocycles. The Balaban J connectivity index is 2.01. The van der Waals surface area contributed by atoms with Crippen LogP contribution in [0.2, 0.25) is 0 Å². The van der Waals surface area contributed by atoms with E-state index < -0.39 is 5.82 Å². The summed E-state index contributed by atoms with van der Waals surface area (Å²) in [5.74, 6) is -0.620. The highest BCUT2D eigenvalue weighted by molar-refractivity contribution is 5.89. The SMILES string of the molecule is O=C(C[n+]1cccc(O)c1)Nc1cccc(F)c1. The molecule has 0 saturated carbocycles. The lowest BCUT2D eigenvalue weighted by Gasteiger charge is -2.02. The number of carbonyl (C=O) groups excluding carboxylic acids is 1. The highest BCUT2D eigenvalue weighted by Crippen LogP contribution is 2.08. The van der Waals surface area contributed by atoms with Gasteiger partial charge < -0.3 is 10.4 Å². The number of aromatic nitrogens is 1. The zero-order valence-electron chi connectivity index (χ0n) is 9.51. The van der Waals surface area contributed by atoms with E-state index in [1.54, 1.807) is 18.3 Å². The Morgan fingerprint density at radius 3 is 2.89 bits per heavy atom. The van der Waals surface area contributed by atoms with Crippen LogP contribution < -0.4 is 9.88 Å². The second-order valence-electron chi connectivity index (χ2n) is 3.79. The first-order chi connectivity index (χ1) is 8.63. The lowest BCUT2D eigenvalue weighted by molar-refractivity contribution is -0.684. The molecule has 1 aromatic heterocycles. The van der Waals surface area contributed by atoms with Gasteiger partial charge in [-0.15, -0.1) is 0 Å². The van der Waals surface area contributed by atoms with E-state index in [2.05, 4.69) is 5.32 Å². The fourth-order valence-electron chi connectivity index (χ4n) is 1.54. The molecule has 0 aliphatic carbocycles. The van der Waals surface area contributed by atoms with E-state index in [1.165, 1.54) is 35.0 Å². The monoisotopic (exact) mass is 247 g/mol. The topological polar surface area (TPSA) is 53.2 Å². The standard InChI is InChI=1S/C13H11FN2O2/c14-10-3-1-4-11(7-10)15-13(18)9-16-6-2-5-12(17)8-16/h1-8H,9H2,(H-,15,17,18)/p+1. The Morgan fingerprint density at radius 2 is 2.17 bits per heavy atom. The molecule has 0 aliphatic heterocycles. The number of pyridine rings is 1. The van der Waals surface area contributed by atoms with Crippen molar-refractivity contribution in [1.82, 2.24) is 0 Å². The van der Waals surface area contributed by atoms with Gasteiger partial charge in [0.15, 0.2) is 11.9 Å². The van der Waals surface area contributed by atoms with Gasteiger partial charge in [0.1, 0.15) is 5.82 Å². The first-order valence-electron chi connectivity index (χ1n) is 5.37. The summed E-state index contributed by atoms with van der Waals surface area (Å²) in [5, 5.41) is 11.8. The van der Waals surface area contributed by atoms with Crippen molar-refractivity contribution >= 4 is 11.6 Å². The maximum Gasteiger partial charge on any atom is 0.290 e. The molecule has 0 fully saturated rings. The average molecular weight is 247 g/mol. The molecule has 1 amide bonds. The first kappa shape index (κ1) is 12.0. The number of anilines is 1. The fourth-order valence-corrected chi connectivity index (χ4v) is 1.54. The normalized spacial score (nSPS) is 10.1. The van der Waals surface area contributed by atoms with E-state index >= 15 is 0 Å². The van der Waals surface area contributed by atoms with Crippen molar-refractivity contribution < 1.29 is 18.9 Å². The third-order valence-electron chi connectivity index (χ3n) is 2.28. The molecule has 0 bridgehead atoms. The minimum Gasteiger partial charge on any atom is -0.503 e. The third kappa shape index (κ3) is 3.28. The molecule has 0 aliphatic rings. The van der Waals surface area contributed by atoms with Crippen molar-refractivity contribution in [3.8, 4) is 5.75 Å². The van der Waals surface area contributed by atoms with E-state index in [1.807, 2.05) is 0 Å². The Kier molecular flexibility index (Phi) is 3.52. The van der Waals surface area contributed by atoms with Crippen LogP contribution in [0.1, 0.15) is 0 Å². The number of hydrogen-bond donors (Lipinski definition) is 2. The summed E-state index contributed by atoms with van der Waals surface area (Å²) in [6.07, 6.45) is 3.09. The summed E-state index contributed by atoms with van der Waals surface area (Å²) in [4.78, 5) is 11.7. The number of rotatable bonds is 3. The van der Waals surface area contributed by atoms with Crippen LogP contribution in [0.25, 0.3) is 0 Å². The molecule has 0 atom stereocenters. The number of amides is 1. The van der Waals surface area contributed by atoms with Gasteiger partial charge in [0.25, 0.3) is 5.91 Å². The molecule has 2 N–H and O–H groups in total. The van der Waals surface area contributed by atoms with E-state index in [4.69, 9.17) is 0 Å². The van der Waals surface area contributed by atoms with Crippen molar-refractivity contribution in [1.29, 1.82) is 0 Å². The predicted octanol–water partition coefficient (Wildman–Crippen LogP) is 1.46. The van der Waals surface area contributed by atoms with E-state index in [0.29, 0.717) is 5.69 Å². The lowest BCUT2D eigenvalue weighted by atomic mass is 10.3. The van der Waals surface area contributed by atoms with Crippen molar-refractivity contribution in [3.63, 3.8) is 0 Å². The van der Waals surface area contributed by atoms with E-state index in [-0.39, 0.29) is 18.2 Å². The number of hydrogen-bond acceptors (Lipinski definition) is 2. The Bertz CT molecular complexity index is 523. The van der Waals surface area contributed by atoms with Gasteiger partial charge in [-0.25, -0.2) is 4.39 Å². The van der Waals surface area contributed by atoms with Crippen LogP contribution in [0.3, 0.4) is 0 Å². The summed E-state index contributed by atoms with van der Waals surface area (Å²) in [6, 6.07) is 8.82. The van der Waals surface area contributed by atoms with Crippen LogP contribution in [0, 0.1) is 5.82 Å². The molecule has 18 heavy (non-hydrogen) atoms. The second-order valence-corrected chi connectivity index (χ2v) is 3.79. The molecule has 0 unspecified atom stereocenters. The van der Waals surface area contributed by atoms with Crippen molar-refractivity contribution in [2.75, 3.05) is 5.32 Å². The van der Waals surface area contributed by atoms with Gasteiger partial charge in [-0.1, -0.05) is 6.07 Å². The summed E-state index contributed by atoms with van der Waals surface area (Å²) in [7, 11) is 0. The largest absolute Gasteiger partial charge is 0.503 e. The van der Waals surface area contributed by atoms with Crippen LogP contribution in [0.4, 0.5) is 10.1 Å². The predicted molar refractivity (Wildman–Crippen MR) is 63.3 cm³/mol. The van der Waals surface area contributed by atoms with Crippen LogP contribution in [-0.4, -0.2) is 11.0 Å². The number of nitrogens with one attached hydrogen (secondary N) is 1.